The first-order valence-electron chi connectivity index (χ1n) is 7.15. The molecule has 1 heterocycles. The van der Waals surface area contributed by atoms with Crippen molar-refractivity contribution in [1.82, 2.24) is 9.97 Å². The van der Waals surface area contributed by atoms with E-state index in [4.69, 9.17) is 10.5 Å². The van der Waals surface area contributed by atoms with Crippen LogP contribution in [-0.4, -0.2) is 22.5 Å². The highest BCUT2D eigenvalue weighted by Gasteiger charge is 2.24. The molecule has 0 saturated carbocycles. The van der Waals surface area contributed by atoms with Crippen molar-refractivity contribution in [2.45, 2.75) is 19.8 Å². The number of nitrogens with two attached hydrogens (primary N) is 1. The number of hydrogen-bond donors (Lipinski definition) is 1. The smallest absolute Gasteiger partial charge is 0.342 e. The van der Waals surface area contributed by atoms with E-state index in [0.717, 1.165) is 0 Å². The number of aromatic nitrogens is 2. The Labute approximate surface area is 134 Å². The molecule has 0 bridgehead atoms. The van der Waals surface area contributed by atoms with Crippen molar-refractivity contribution in [3.8, 4) is 11.3 Å². The van der Waals surface area contributed by atoms with E-state index in [1.807, 2.05) is 13.8 Å². The van der Waals surface area contributed by atoms with Gasteiger partial charge in [0.2, 0.25) is 5.95 Å². The lowest BCUT2D eigenvalue weighted by Gasteiger charge is -2.15. The lowest BCUT2D eigenvalue weighted by Crippen LogP contribution is -2.16. The number of anilines is 1. The molecule has 23 heavy (non-hydrogen) atoms. The Balaban J connectivity index is 2.65. The Kier molecular flexibility index (Phi) is 5.05. The predicted molar refractivity (Wildman–Crippen MR) is 86.4 cm³/mol. The standard InChI is InChI=1S/C17H18FN3O2/c1-4-9-23-16(22)13-14(10(2)3)20-17(19)21-15(13)11-5-7-12(18)8-6-11/h4-8,10H,1,9H2,2-3H3,(H2,19,20,21). The predicted octanol–water partition coefficient (Wildman–Crippen LogP) is 3.33. The van der Waals surface area contributed by atoms with Crippen LogP contribution >= 0.6 is 0 Å². The molecular formula is C17H18FN3O2. The van der Waals surface area contributed by atoms with Gasteiger partial charge in [-0.15, -0.1) is 0 Å². The number of halogens is 1. The number of esters is 1. The maximum absolute atomic E-state index is 13.2. The number of carbonyl (C=O) groups is 1. The molecule has 0 atom stereocenters. The molecule has 0 aliphatic rings. The van der Waals surface area contributed by atoms with Gasteiger partial charge >= 0.3 is 5.97 Å². The minimum atomic E-state index is -0.562. The topological polar surface area (TPSA) is 78.1 Å². The maximum atomic E-state index is 13.2. The third kappa shape index (κ3) is 3.71. The van der Waals surface area contributed by atoms with Gasteiger partial charge in [0.25, 0.3) is 0 Å². The Bertz CT molecular complexity index is 727. The van der Waals surface area contributed by atoms with Crippen molar-refractivity contribution < 1.29 is 13.9 Å². The lowest BCUT2D eigenvalue weighted by molar-refractivity contribution is 0.0548. The van der Waals surface area contributed by atoms with Gasteiger partial charge < -0.3 is 10.5 Å². The van der Waals surface area contributed by atoms with Gasteiger partial charge in [-0.25, -0.2) is 19.2 Å². The first kappa shape index (κ1) is 16.6. The zero-order chi connectivity index (χ0) is 17.0. The molecule has 0 radical (unpaired) electrons. The van der Waals surface area contributed by atoms with Crippen molar-refractivity contribution >= 4 is 11.9 Å². The van der Waals surface area contributed by atoms with E-state index in [2.05, 4.69) is 16.5 Å². The van der Waals surface area contributed by atoms with Crippen LogP contribution in [0, 0.1) is 5.82 Å². The molecular weight excluding hydrogens is 297 g/mol. The number of hydrogen-bond acceptors (Lipinski definition) is 5. The van der Waals surface area contributed by atoms with Gasteiger partial charge in [0.05, 0.1) is 11.4 Å². The van der Waals surface area contributed by atoms with E-state index < -0.39 is 5.97 Å². The zero-order valence-electron chi connectivity index (χ0n) is 13.0. The van der Waals surface area contributed by atoms with Crippen molar-refractivity contribution in [2.24, 2.45) is 0 Å². The van der Waals surface area contributed by atoms with Gasteiger partial charge in [-0.3, -0.25) is 0 Å². The highest BCUT2D eigenvalue weighted by Crippen LogP contribution is 2.29. The number of nitrogens with zero attached hydrogens (tertiary/aromatic N) is 2. The molecule has 1 aromatic heterocycles. The molecule has 5 nitrogen and oxygen atoms in total. The van der Waals surface area contributed by atoms with Crippen LogP contribution in [0.25, 0.3) is 11.3 Å². The summed E-state index contributed by atoms with van der Waals surface area (Å²) >= 11 is 0. The third-order valence-corrected chi connectivity index (χ3v) is 3.16. The Hall–Kier alpha value is -2.76. The first-order chi connectivity index (χ1) is 10.9. The minimum Gasteiger partial charge on any atom is -0.458 e. The lowest BCUT2D eigenvalue weighted by atomic mass is 9.98. The third-order valence-electron chi connectivity index (χ3n) is 3.16. The van der Waals surface area contributed by atoms with Crippen LogP contribution in [-0.2, 0) is 4.74 Å². The second kappa shape index (κ2) is 7.00. The van der Waals surface area contributed by atoms with E-state index in [1.54, 1.807) is 0 Å². The second-order valence-electron chi connectivity index (χ2n) is 5.24. The summed E-state index contributed by atoms with van der Waals surface area (Å²) in [6.45, 7) is 7.37. The number of rotatable bonds is 5. The van der Waals surface area contributed by atoms with E-state index >= 15 is 0 Å². The van der Waals surface area contributed by atoms with Crippen LogP contribution in [0.1, 0.15) is 35.8 Å². The summed E-state index contributed by atoms with van der Waals surface area (Å²) in [5.41, 5.74) is 7.39. The summed E-state index contributed by atoms with van der Waals surface area (Å²) in [4.78, 5) is 20.8. The fourth-order valence-corrected chi connectivity index (χ4v) is 2.14. The first-order valence-corrected chi connectivity index (χ1v) is 7.15. The summed E-state index contributed by atoms with van der Waals surface area (Å²) < 4.78 is 18.3. The van der Waals surface area contributed by atoms with E-state index in [1.165, 1.54) is 30.3 Å². The van der Waals surface area contributed by atoms with Crippen LogP contribution in [0.2, 0.25) is 0 Å². The van der Waals surface area contributed by atoms with Gasteiger partial charge in [0.1, 0.15) is 18.0 Å². The minimum absolute atomic E-state index is 0.0493. The molecule has 0 aliphatic carbocycles. The molecule has 0 fully saturated rings. The van der Waals surface area contributed by atoms with E-state index in [-0.39, 0.29) is 29.9 Å². The molecule has 6 heteroatoms. The van der Waals surface area contributed by atoms with Gasteiger partial charge in [-0.2, -0.15) is 0 Å². The van der Waals surface area contributed by atoms with Crippen LogP contribution in [0.5, 0.6) is 0 Å². The highest BCUT2D eigenvalue weighted by atomic mass is 19.1. The normalized spacial score (nSPS) is 10.6. The molecule has 2 aromatic rings. The molecule has 0 amide bonds. The number of nitrogen functional groups attached to an aromatic ring is 1. The zero-order valence-corrected chi connectivity index (χ0v) is 13.0. The molecule has 0 spiro atoms. The monoisotopic (exact) mass is 315 g/mol. The van der Waals surface area contributed by atoms with E-state index in [9.17, 15) is 9.18 Å². The average Bonchev–Trinajstić information content (AvgIpc) is 2.52. The number of carbonyl (C=O) groups excluding carboxylic acids is 1. The Morgan fingerprint density at radius 1 is 1.35 bits per heavy atom. The summed E-state index contributed by atoms with van der Waals surface area (Å²) in [6, 6.07) is 5.65. The maximum Gasteiger partial charge on any atom is 0.342 e. The van der Waals surface area contributed by atoms with Crippen molar-refractivity contribution in [3.05, 3.63) is 54.0 Å². The summed E-state index contributed by atoms with van der Waals surface area (Å²) in [7, 11) is 0. The van der Waals surface area contributed by atoms with Crippen molar-refractivity contribution in [1.29, 1.82) is 0 Å². The molecule has 2 rings (SSSR count). The van der Waals surface area contributed by atoms with Crippen LogP contribution in [0.3, 0.4) is 0 Å². The van der Waals surface area contributed by atoms with Crippen LogP contribution in [0.15, 0.2) is 36.9 Å². The highest BCUT2D eigenvalue weighted by molar-refractivity contribution is 5.97. The number of benzene rings is 1. The van der Waals surface area contributed by atoms with Gasteiger partial charge in [-0.05, 0) is 30.2 Å². The molecule has 1 aromatic carbocycles. The largest absolute Gasteiger partial charge is 0.458 e. The van der Waals surface area contributed by atoms with Gasteiger partial charge in [0, 0.05) is 5.56 Å². The molecule has 0 unspecified atom stereocenters. The second-order valence-corrected chi connectivity index (χ2v) is 5.24. The summed E-state index contributed by atoms with van der Waals surface area (Å²) in [5, 5.41) is 0. The quantitative estimate of drug-likeness (QED) is 0.676. The summed E-state index contributed by atoms with van der Waals surface area (Å²) in [5.74, 6) is -0.956. The average molecular weight is 315 g/mol. The van der Waals surface area contributed by atoms with Crippen LogP contribution < -0.4 is 5.73 Å². The SMILES string of the molecule is C=CCOC(=O)c1c(-c2ccc(F)cc2)nc(N)nc1C(C)C. The molecule has 0 saturated heterocycles. The van der Waals surface area contributed by atoms with E-state index in [0.29, 0.717) is 17.0 Å². The van der Waals surface area contributed by atoms with Crippen molar-refractivity contribution in [3.63, 3.8) is 0 Å². The van der Waals surface area contributed by atoms with Crippen LogP contribution in [0.4, 0.5) is 10.3 Å². The number of ether oxygens (including phenoxy) is 1. The van der Waals surface area contributed by atoms with Gasteiger partial charge in [-0.1, -0.05) is 26.5 Å². The summed E-state index contributed by atoms with van der Waals surface area (Å²) in [6.07, 6.45) is 1.47. The van der Waals surface area contributed by atoms with Crippen molar-refractivity contribution in [2.75, 3.05) is 12.3 Å². The fourth-order valence-electron chi connectivity index (χ4n) is 2.14. The molecule has 2 N–H and O–H groups in total. The van der Waals surface area contributed by atoms with Gasteiger partial charge in [0.15, 0.2) is 0 Å². The molecule has 120 valence electrons. The fraction of sp³-hybridized carbons (Fsp3) is 0.235. The Morgan fingerprint density at radius 3 is 2.57 bits per heavy atom. The molecule has 0 aliphatic heterocycles. The Morgan fingerprint density at radius 2 is 2.00 bits per heavy atom.